The van der Waals surface area contributed by atoms with E-state index in [4.69, 9.17) is 0 Å². The van der Waals surface area contributed by atoms with E-state index in [1.807, 2.05) is 16.4 Å². The highest BCUT2D eigenvalue weighted by Gasteiger charge is 2.37. The molecular formula is C20H23F3N8O. The van der Waals surface area contributed by atoms with Gasteiger partial charge in [-0.2, -0.15) is 18.3 Å². The lowest BCUT2D eigenvalue weighted by Crippen LogP contribution is -2.32. The summed E-state index contributed by atoms with van der Waals surface area (Å²) in [4.78, 5) is 27.6. The summed E-state index contributed by atoms with van der Waals surface area (Å²) in [6.07, 6.45) is 2.57. The van der Waals surface area contributed by atoms with E-state index in [1.54, 1.807) is 0 Å². The number of carbonyl (C=O) groups excluding carboxylic acids is 1. The number of hydrogen-bond acceptors (Lipinski definition) is 6. The molecule has 1 unspecified atom stereocenters. The molecule has 0 aromatic carbocycles. The van der Waals surface area contributed by atoms with Crippen LogP contribution in [0.3, 0.4) is 0 Å². The molecule has 2 aliphatic rings. The predicted octanol–water partition coefficient (Wildman–Crippen LogP) is 2.69. The highest BCUT2D eigenvalue weighted by Crippen LogP contribution is 2.33. The quantitative estimate of drug-likeness (QED) is 0.623. The zero-order valence-corrected chi connectivity index (χ0v) is 17.5. The number of imidazole rings is 1. The van der Waals surface area contributed by atoms with Crippen LogP contribution in [-0.4, -0.2) is 65.4 Å². The highest BCUT2D eigenvalue weighted by molar-refractivity contribution is 5.86. The second-order valence-electron chi connectivity index (χ2n) is 8.30. The van der Waals surface area contributed by atoms with Crippen molar-refractivity contribution in [3.8, 4) is 11.4 Å². The van der Waals surface area contributed by atoms with E-state index in [0.29, 0.717) is 48.0 Å². The van der Waals surface area contributed by atoms with Crippen molar-refractivity contribution in [2.24, 2.45) is 5.92 Å². The van der Waals surface area contributed by atoms with Gasteiger partial charge in [-0.15, -0.1) is 0 Å². The fraction of sp³-hybridized carbons (Fsp3) is 0.550. The molecule has 3 aromatic rings. The number of hydrogen-bond donors (Lipinski definition) is 1. The first-order valence-corrected chi connectivity index (χ1v) is 10.7. The van der Waals surface area contributed by atoms with E-state index in [0.717, 1.165) is 23.9 Å². The maximum absolute atomic E-state index is 12.7. The van der Waals surface area contributed by atoms with Crippen LogP contribution in [0.15, 0.2) is 18.7 Å². The third kappa shape index (κ3) is 4.00. The highest BCUT2D eigenvalue weighted by atomic mass is 19.4. The second kappa shape index (κ2) is 7.75. The Labute approximate surface area is 181 Å². The monoisotopic (exact) mass is 448 g/mol. The molecule has 2 fully saturated rings. The van der Waals surface area contributed by atoms with Crippen molar-refractivity contribution in [1.82, 2.24) is 34.2 Å². The van der Waals surface area contributed by atoms with Crippen LogP contribution >= 0.6 is 0 Å². The molecule has 1 saturated heterocycles. The first-order chi connectivity index (χ1) is 15.3. The number of nitrogens with one attached hydrogen (secondary N) is 1. The maximum atomic E-state index is 12.7. The number of fused-ring (bicyclic) bond motifs is 1. The molecule has 32 heavy (non-hydrogen) atoms. The molecule has 9 nitrogen and oxygen atoms in total. The molecule has 1 aliphatic carbocycles. The molecule has 1 aliphatic heterocycles. The summed E-state index contributed by atoms with van der Waals surface area (Å²) in [5.74, 6) is 1.46. The Kier molecular flexibility index (Phi) is 5.01. The van der Waals surface area contributed by atoms with Gasteiger partial charge in [0.2, 0.25) is 5.91 Å². The van der Waals surface area contributed by atoms with Crippen LogP contribution < -0.4 is 5.32 Å². The Bertz CT molecular complexity index is 1150. The van der Waals surface area contributed by atoms with Crippen LogP contribution in [0.4, 0.5) is 19.0 Å². The summed E-state index contributed by atoms with van der Waals surface area (Å²) in [6, 6.07) is 0.0561. The van der Waals surface area contributed by atoms with E-state index in [1.165, 1.54) is 18.7 Å². The van der Waals surface area contributed by atoms with E-state index in [-0.39, 0.29) is 17.9 Å². The summed E-state index contributed by atoms with van der Waals surface area (Å²) in [6.45, 7) is 2.61. The van der Waals surface area contributed by atoms with E-state index in [9.17, 15) is 18.0 Å². The van der Waals surface area contributed by atoms with E-state index >= 15 is 0 Å². The van der Waals surface area contributed by atoms with Crippen molar-refractivity contribution in [2.45, 2.75) is 51.5 Å². The van der Waals surface area contributed by atoms with Gasteiger partial charge in [-0.25, -0.2) is 15.0 Å². The number of amides is 1. The summed E-state index contributed by atoms with van der Waals surface area (Å²) in [5.41, 5.74) is 1.61. The fourth-order valence-corrected chi connectivity index (χ4v) is 4.17. The Hall–Kier alpha value is -3.18. The minimum absolute atomic E-state index is 0.0561. The number of aryl methyl sites for hydroxylation is 1. The minimum atomic E-state index is -4.35. The SMILES string of the molecule is CCn1c(-c2cnn(CC(F)(F)F)c2)nc2c(NC3CCN(C(=O)C4CC4)C3)ncnc21. The van der Waals surface area contributed by atoms with Crippen LogP contribution in [0.5, 0.6) is 0 Å². The smallest absolute Gasteiger partial charge is 0.364 e. The number of carbonyl (C=O) groups is 1. The van der Waals surface area contributed by atoms with Crippen LogP contribution in [0.1, 0.15) is 26.2 Å². The van der Waals surface area contributed by atoms with Crippen LogP contribution in [0, 0.1) is 5.92 Å². The van der Waals surface area contributed by atoms with Crippen LogP contribution in [0.25, 0.3) is 22.6 Å². The number of rotatable bonds is 6. The van der Waals surface area contributed by atoms with Crippen molar-refractivity contribution >= 4 is 22.9 Å². The minimum Gasteiger partial charge on any atom is -0.364 e. The van der Waals surface area contributed by atoms with Gasteiger partial charge in [-0.3, -0.25) is 9.48 Å². The van der Waals surface area contributed by atoms with Crippen molar-refractivity contribution in [3.05, 3.63) is 18.7 Å². The molecule has 0 radical (unpaired) electrons. The number of aromatic nitrogens is 6. The second-order valence-corrected chi connectivity index (χ2v) is 8.30. The Morgan fingerprint density at radius 1 is 1.25 bits per heavy atom. The lowest BCUT2D eigenvalue weighted by atomic mass is 10.2. The molecule has 1 atom stereocenters. The van der Waals surface area contributed by atoms with Crippen molar-refractivity contribution in [2.75, 3.05) is 18.4 Å². The molecule has 4 heterocycles. The van der Waals surface area contributed by atoms with Crippen molar-refractivity contribution in [1.29, 1.82) is 0 Å². The van der Waals surface area contributed by atoms with Crippen LogP contribution in [-0.2, 0) is 17.9 Å². The molecule has 3 aromatic heterocycles. The van der Waals surface area contributed by atoms with Gasteiger partial charge < -0.3 is 14.8 Å². The third-order valence-corrected chi connectivity index (χ3v) is 5.85. The zero-order chi connectivity index (χ0) is 22.5. The summed E-state index contributed by atoms with van der Waals surface area (Å²) < 4.78 is 40.8. The van der Waals surface area contributed by atoms with Gasteiger partial charge in [0, 0.05) is 37.8 Å². The van der Waals surface area contributed by atoms with Gasteiger partial charge >= 0.3 is 6.18 Å². The normalized spacial score (nSPS) is 19.1. The van der Waals surface area contributed by atoms with E-state index < -0.39 is 12.7 Å². The number of nitrogens with zero attached hydrogens (tertiary/aromatic N) is 7. The average molecular weight is 448 g/mol. The van der Waals surface area contributed by atoms with Gasteiger partial charge in [0.15, 0.2) is 17.0 Å². The molecule has 170 valence electrons. The standard InChI is InChI=1S/C20H23F3N8O/c1-2-31-17(13-7-26-30(8-13)10-20(21,22)23)28-15-16(24-11-25-18(15)31)27-14-5-6-29(9-14)19(32)12-3-4-12/h7-8,11-12,14H,2-6,9-10H2,1H3,(H,24,25,27). The molecule has 12 heteroatoms. The topological polar surface area (TPSA) is 93.8 Å². The summed E-state index contributed by atoms with van der Waals surface area (Å²) >= 11 is 0. The van der Waals surface area contributed by atoms with Gasteiger partial charge in [0.05, 0.1) is 11.8 Å². The Morgan fingerprint density at radius 3 is 2.78 bits per heavy atom. The maximum Gasteiger partial charge on any atom is 0.408 e. The number of alkyl halides is 3. The molecule has 5 rings (SSSR count). The van der Waals surface area contributed by atoms with E-state index in [2.05, 4.69) is 25.4 Å². The van der Waals surface area contributed by atoms with Gasteiger partial charge in [0.1, 0.15) is 18.7 Å². The molecule has 1 saturated carbocycles. The molecule has 0 spiro atoms. The Balaban J connectivity index is 1.41. The van der Waals surface area contributed by atoms with Crippen molar-refractivity contribution < 1.29 is 18.0 Å². The van der Waals surface area contributed by atoms with Gasteiger partial charge in [-0.05, 0) is 26.2 Å². The Morgan fingerprint density at radius 2 is 2.06 bits per heavy atom. The van der Waals surface area contributed by atoms with Gasteiger partial charge in [0.25, 0.3) is 0 Å². The zero-order valence-electron chi connectivity index (χ0n) is 17.5. The van der Waals surface area contributed by atoms with Gasteiger partial charge in [-0.1, -0.05) is 0 Å². The third-order valence-electron chi connectivity index (χ3n) is 5.85. The first-order valence-electron chi connectivity index (χ1n) is 10.7. The molecular weight excluding hydrogens is 425 g/mol. The fourth-order valence-electron chi connectivity index (χ4n) is 4.17. The van der Waals surface area contributed by atoms with Crippen molar-refractivity contribution in [3.63, 3.8) is 0 Å². The molecule has 1 N–H and O–H groups in total. The lowest BCUT2D eigenvalue weighted by Gasteiger charge is -2.17. The number of anilines is 1. The molecule has 0 bridgehead atoms. The first kappa shape index (κ1) is 20.7. The largest absolute Gasteiger partial charge is 0.408 e. The lowest BCUT2D eigenvalue weighted by molar-refractivity contribution is -0.142. The summed E-state index contributed by atoms with van der Waals surface area (Å²) in [7, 11) is 0. The molecule has 1 amide bonds. The number of likely N-dealkylation sites (tertiary alicyclic amines) is 1. The average Bonchev–Trinajstić information content (AvgIpc) is 3.14. The van der Waals surface area contributed by atoms with Crippen LogP contribution in [0.2, 0.25) is 0 Å². The summed E-state index contributed by atoms with van der Waals surface area (Å²) in [5, 5.41) is 7.22. The predicted molar refractivity (Wildman–Crippen MR) is 110 cm³/mol. The number of halogens is 3.